The van der Waals surface area contributed by atoms with Gasteiger partial charge in [-0.15, -0.1) is 0 Å². The number of aromatic amines is 1. The Hall–Kier alpha value is -1.61. The number of unbranched alkanes of at least 4 members (excludes halogenated alkanes) is 4. The Balaban J connectivity index is 1.87. The zero-order valence-corrected chi connectivity index (χ0v) is 14.2. The molecule has 0 aliphatic heterocycles. The minimum Gasteiger partial charge on any atom is -0.342 e. The lowest BCUT2D eigenvalue weighted by molar-refractivity contribution is 0.402. The van der Waals surface area contributed by atoms with E-state index in [4.69, 9.17) is 0 Å². The molecule has 0 bridgehead atoms. The van der Waals surface area contributed by atoms with Gasteiger partial charge < -0.3 is 9.88 Å². The second-order valence-electron chi connectivity index (χ2n) is 6.34. The van der Waals surface area contributed by atoms with Crippen LogP contribution in [0.15, 0.2) is 30.5 Å². The summed E-state index contributed by atoms with van der Waals surface area (Å²) in [5.74, 6) is 1.11. The average molecular weight is 299 g/mol. The molecule has 0 spiro atoms. The van der Waals surface area contributed by atoms with E-state index in [1.54, 1.807) is 0 Å². The first-order chi connectivity index (χ1) is 10.7. The van der Waals surface area contributed by atoms with Crippen LogP contribution in [0.4, 0.5) is 0 Å². The molecular weight excluding hydrogens is 270 g/mol. The fourth-order valence-corrected chi connectivity index (χ4v) is 2.69. The van der Waals surface area contributed by atoms with Gasteiger partial charge in [-0.05, 0) is 31.6 Å². The van der Waals surface area contributed by atoms with Gasteiger partial charge in [0.1, 0.15) is 5.82 Å². The van der Waals surface area contributed by atoms with Gasteiger partial charge >= 0.3 is 0 Å². The van der Waals surface area contributed by atoms with Crippen molar-refractivity contribution in [3.8, 4) is 11.3 Å². The molecule has 2 rings (SSSR count). The average Bonchev–Trinajstić information content (AvgIpc) is 2.96. The van der Waals surface area contributed by atoms with E-state index in [0.717, 1.165) is 24.5 Å². The molecule has 22 heavy (non-hydrogen) atoms. The SMILES string of the molecule is CCCCCCCc1ncc(-c2ccc(CN(C)C)cc2)[nH]1. The second-order valence-corrected chi connectivity index (χ2v) is 6.34. The Labute approximate surface area is 134 Å². The van der Waals surface area contributed by atoms with Gasteiger partial charge in [0, 0.05) is 13.0 Å². The van der Waals surface area contributed by atoms with Gasteiger partial charge in [-0.3, -0.25) is 0 Å². The van der Waals surface area contributed by atoms with E-state index in [2.05, 4.69) is 60.2 Å². The molecule has 3 heteroatoms. The van der Waals surface area contributed by atoms with Gasteiger partial charge in [0.25, 0.3) is 0 Å². The fourth-order valence-electron chi connectivity index (χ4n) is 2.69. The van der Waals surface area contributed by atoms with Gasteiger partial charge in [0.15, 0.2) is 0 Å². The van der Waals surface area contributed by atoms with Crippen molar-refractivity contribution in [1.29, 1.82) is 0 Å². The molecule has 1 aromatic heterocycles. The Morgan fingerprint density at radius 1 is 1.00 bits per heavy atom. The van der Waals surface area contributed by atoms with E-state index in [9.17, 15) is 0 Å². The number of nitrogens with one attached hydrogen (secondary N) is 1. The molecule has 0 saturated heterocycles. The molecule has 0 saturated carbocycles. The second kappa shape index (κ2) is 8.74. The number of nitrogens with zero attached hydrogens (tertiary/aromatic N) is 2. The van der Waals surface area contributed by atoms with E-state index in [0.29, 0.717) is 0 Å². The molecule has 0 amide bonds. The van der Waals surface area contributed by atoms with E-state index in [1.807, 2.05) is 6.20 Å². The van der Waals surface area contributed by atoms with Gasteiger partial charge in [0.05, 0.1) is 11.9 Å². The predicted molar refractivity (Wildman–Crippen MR) is 93.9 cm³/mol. The van der Waals surface area contributed by atoms with Crippen LogP contribution in [0.2, 0.25) is 0 Å². The number of aromatic nitrogens is 2. The molecular formula is C19H29N3. The topological polar surface area (TPSA) is 31.9 Å². The Morgan fingerprint density at radius 3 is 2.41 bits per heavy atom. The summed E-state index contributed by atoms with van der Waals surface area (Å²) in [7, 11) is 4.19. The highest BCUT2D eigenvalue weighted by molar-refractivity contribution is 5.58. The summed E-state index contributed by atoms with van der Waals surface area (Å²) in [6.45, 7) is 3.23. The van der Waals surface area contributed by atoms with Crippen LogP contribution in [-0.2, 0) is 13.0 Å². The van der Waals surface area contributed by atoms with Crippen molar-refractivity contribution < 1.29 is 0 Å². The van der Waals surface area contributed by atoms with Crippen molar-refractivity contribution in [2.45, 2.75) is 52.0 Å². The quantitative estimate of drug-likeness (QED) is 0.683. The summed E-state index contributed by atoms with van der Waals surface area (Å²) in [5, 5.41) is 0. The molecule has 0 fully saturated rings. The third-order valence-corrected chi connectivity index (χ3v) is 3.91. The highest BCUT2D eigenvalue weighted by Gasteiger charge is 2.04. The first kappa shape index (κ1) is 16.8. The maximum absolute atomic E-state index is 4.52. The lowest BCUT2D eigenvalue weighted by atomic mass is 10.1. The van der Waals surface area contributed by atoms with Crippen LogP contribution < -0.4 is 0 Å². The molecule has 2 aromatic rings. The summed E-state index contributed by atoms with van der Waals surface area (Å²) in [6.07, 6.45) is 9.55. The first-order valence-corrected chi connectivity index (χ1v) is 8.47. The van der Waals surface area contributed by atoms with Crippen molar-refractivity contribution in [3.05, 3.63) is 41.9 Å². The normalized spacial score (nSPS) is 11.3. The predicted octanol–water partition coefficient (Wildman–Crippen LogP) is 4.65. The number of H-pyrrole nitrogens is 1. The molecule has 0 atom stereocenters. The summed E-state index contributed by atoms with van der Waals surface area (Å²) in [4.78, 5) is 10.2. The smallest absolute Gasteiger partial charge is 0.106 e. The zero-order valence-electron chi connectivity index (χ0n) is 14.2. The number of hydrogen-bond donors (Lipinski definition) is 1. The van der Waals surface area contributed by atoms with Crippen molar-refractivity contribution in [3.63, 3.8) is 0 Å². The molecule has 3 nitrogen and oxygen atoms in total. The van der Waals surface area contributed by atoms with E-state index in [-0.39, 0.29) is 0 Å². The highest BCUT2D eigenvalue weighted by Crippen LogP contribution is 2.19. The van der Waals surface area contributed by atoms with E-state index < -0.39 is 0 Å². The van der Waals surface area contributed by atoms with Crippen LogP contribution in [0.1, 0.15) is 50.4 Å². The lowest BCUT2D eigenvalue weighted by Gasteiger charge is -2.09. The van der Waals surface area contributed by atoms with Crippen LogP contribution in [0.25, 0.3) is 11.3 Å². The maximum atomic E-state index is 4.52. The highest BCUT2D eigenvalue weighted by atomic mass is 15.0. The van der Waals surface area contributed by atoms with Gasteiger partial charge in [-0.1, -0.05) is 56.9 Å². The number of aryl methyl sites for hydroxylation is 1. The van der Waals surface area contributed by atoms with Crippen LogP contribution in [0.5, 0.6) is 0 Å². The molecule has 0 aliphatic carbocycles. The third kappa shape index (κ3) is 5.30. The molecule has 1 N–H and O–H groups in total. The van der Waals surface area contributed by atoms with Crippen LogP contribution in [0, 0.1) is 0 Å². The molecule has 1 heterocycles. The Morgan fingerprint density at radius 2 is 1.73 bits per heavy atom. The van der Waals surface area contributed by atoms with Crippen molar-refractivity contribution in [2.75, 3.05) is 14.1 Å². The number of rotatable bonds is 9. The largest absolute Gasteiger partial charge is 0.342 e. The minimum absolute atomic E-state index is 0.978. The van der Waals surface area contributed by atoms with Crippen LogP contribution in [0.3, 0.4) is 0 Å². The number of benzene rings is 1. The molecule has 120 valence electrons. The Kier molecular flexibility index (Phi) is 6.66. The van der Waals surface area contributed by atoms with Gasteiger partial charge in [-0.25, -0.2) is 4.98 Å². The molecule has 0 unspecified atom stereocenters. The number of imidazole rings is 1. The summed E-state index contributed by atoms with van der Waals surface area (Å²) in [6, 6.07) is 8.75. The standard InChI is InChI=1S/C19H29N3/c1-4-5-6-7-8-9-19-20-14-18(21-19)17-12-10-16(11-13-17)15-22(2)3/h10-14H,4-9,15H2,1-3H3,(H,20,21). The minimum atomic E-state index is 0.978. The van der Waals surface area contributed by atoms with Crippen molar-refractivity contribution in [2.24, 2.45) is 0 Å². The third-order valence-electron chi connectivity index (χ3n) is 3.91. The molecule has 0 radical (unpaired) electrons. The van der Waals surface area contributed by atoms with E-state index in [1.165, 1.54) is 43.2 Å². The lowest BCUT2D eigenvalue weighted by Crippen LogP contribution is -2.10. The van der Waals surface area contributed by atoms with Crippen molar-refractivity contribution in [1.82, 2.24) is 14.9 Å². The zero-order chi connectivity index (χ0) is 15.8. The van der Waals surface area contributed by atoms with Gasteiger partial charge in [0.2, 0.25) is 0 Å². The summed E-state index contributed by atoms with van der Waals surface area (Å²) >= 11 is 0. The fraction of sp³-hybridized carbons (Fsp3) is 0.526. The van der Waals surface area contributed by atoms with Crippen LogP contribution in [-0.4, -0.2) is 29.0 Å². The monoisotopic (exact) mass is 299 g/mol. The van der Waals surface area contributed by atoms with Crippen LogP contribution >= 0.6 is 0 Å². The van der Waals surface area contributed by atoms with E-state index >= 15 is 0 Å². The maximum Gasteiger partial charge on any atom is 0.106 e. The number of hydrogen-bond acceptors (Lipinski definition) is 2. The molecule has 0 aliphatic rings. The summed E-state index contributed by atoms with van der Waals surface area (Å²) < 4.78 is 0. The summed E-state index contributed by atoms with van der Waals surface area (Å²) in [5.41, 5.74) is 3.68. The Bertz CT molecular complexity index is 540. The molecule has 1 aromatic carbocycles. The first-order valence-electron chi connectivity index (χ1n) is 8.47. The van der Waals surface area contributed by atoms with Gasteiger partial charge in [-0.2, -0.15) is 0 Å². The van der Waals surface area contributed by atoms with Crippen molar-refractivity contribution >= 4 is 0 Å².